The molecule has 2 heteroatoms. The summed E-state index contributed by atoms with van der Waals surface area (Å²) in [6, 6.07) is 26.6. The Labute approximate surface area is 175 Å². The molecule has 0 saturated carbocycles. The summed E-state index contributed by atoms with van der Waals surface area (Å²) in [7, 11) is -2.59. The molecule has 1 aliphatic heterocycles. The van der Waals surface area contributed by atoms with Gasteiger partial charge in [-0.05, 0) is 0 Å². The van der Waals surface area contributed by atoms with Gasteiger partial charge in [0, 0.05) is 0 Å². The van der Waals surface area contributed by atoms with Gasteiger partial charge in [-0.1, -0.05) is 160 Å². The van der Waals surface area contributed by atoms with Crippen LogP contribution in [-0.2, 0) is 0 Å². The van der Waals surface area contributed by atoms with Gasteiger partial charge in [0.1, 0.15) is 0 Å². The molecule has 0 amide bonds. The second-order valence-electron chi connectivity index (χ2n) is 9.27. The molecular formula is C26H40Si2. The molecule has 0 radical (unpaired) electrons. The van der Waals surface area contributed by atoms with Crippen LogP contribution in [0.15, 0.2) is 60.7 Å². The number of hydrogen-bond acceptors (Lipinski definition) is 0. The van der Waals surface area contributed by atoms with Gasteiger partial charge in [0.05, 0.1) is 16.1 Å². The minimum Gasteiger partial charge on any atom is -0.0654 e. The third kappa shape index (κ3) is 5.07. The molecule has 1 aliphatic rings. The molecule has 0 spiro atoms. The molecule has 152 valence electrons. The standard InChI is InChI=1S/C26H40Si2/c1-3-5-7-15-21-27(25-17-11-9-12-18-25)23-28(24-27,22-16-8-6-4-2)26-19-13-10-14-20-26/h9-14,17-20H,3-8,15-16,21-24H2,1-2H3. The van der Waals surface area contributed by atoms with Gasteiger partial charge in [-0.15, -0.1) is 0 Å². The van der Waals surface area contributed by atoms with Crippen LogP contribution in [0.5, 0.6) is 0 Å². The van der Waals surface area contributed by atoms with Crippen molar-refractivity contribution in [3.8, 4) is 0 Å². The second-order valence-corrected chi connectivity index (χ2v) is 19.4. The van der Waals surface area contributed by atoms with Gasteiger partial charge in [0.15, 0.2) is 0 Å². The van der Waals surface area contributed by atoms with Gasteiger partial charge in [0.2, 0.25) is 0 Å². The van der Waals surface area contributed by atoms with Crippen molar-refractivity contribution in [3.05, 3.63) is 60.7 Å². The van der Waals surface area contributed by atoms with Gasteiger partial charge in [-0.25, -0.2) is 0 Å². The highest BCUT2D eigenvalue weighted by atomic mass is 28.5. The van der Waals surface area contributed by atoms with Gasteiger partial charge in [0.25, 0.3) is 0 Å². The predicted molar refractivity (Wildman–Crippen MR) is 131 cm³/mol. The van der Waals surface area contributed by atoms with Crippen LogP contribution in [-0.4, -0.2) is 16.1 Å². The molecular weight excluding hydrogens is 368 g/mol. The third-order valence-corrected chi connectivity index (χ3v) is 23.7. The van der Waals surface area contributed by atoms with Gasteiger partial charge < -0.3 is 0 Å². The van der Waals surface area contributed by atoms with Crippen molar-refractivity contribution in [1.29, 1.82) is 0 Å². The van der Waals surface area contributed by atoms with E-state index in [1.807, 2.05) is 0 Å². The van der Waals surface area contributed by atoms with Crippen LogP contribution in [0, 0.1) is 0 Å². The SMILES string of the molecule is CCCCCC[Si]1(c2ccccc2)C[Si](CCCCCC)(c2ccccc2)C1. The first-order valence-electron chi connectivity index (χ1n) is 11.9. The quantitative estimate of drug-likeness (QED) is 0.263. The van der Waals surface area contributed by atoms with E-state index in [9.17, 15) is 0 Å². The van der Waals surface area contributed by atoms with Gasteiger partial charge in [-0.3, -0.25) is 0 Å². The molecule has 0 bridgehead atoms. The molecule has 2 aromatic carbocycles. The maximum Gasteiger partial charge on any atom is 0.0822 e. The van der Waals surface area contributed by atoms with E-state index >= 15 is 0 Å². The van der Waals surface area contributed by atoms with E-state index < -0.39 is 16.1 Å². The lowest BCUT2D eigenvalue weighted by molar-refractivity contribution is 0.691. The summed E-state index contributed by atoms with van der Waals surface area (Å²) in [5.74, 6) is 0. The van der Waals surface area contributed by atoms with Crippen molar-refractivity contribution in [2.75, 3.05) is 0 Å². The summed E-state index contributed by atoms with van der Waals surface area (Å²) in [4.78, 5) is 0. The van der Waals surface area contributed by atoms with Crippen LogP contribution >= 0.6 is 0 Å². The number of benzene rings is 2. The highest BCUT2D eigenvalue weighted by Crippen LogP contribution is 2.46. The fraction of sp³-hybridized carbons (Fsp3) is 0.538. The van der Waals surface area contributed by atoms with Gasteiger partial charge in [-0.2, -0.15) is 0 Å². The van der Waals surface area contributed by atoms with Gasteiger partial charge >= 0.3 is 0 Å². The Morgan fingerprint density at radius 3 is 1.29 bits per heavy atom. The first kappa shape index (κ1) is 21.6. The molecule has 0 atom stereocenters. The summed E-state index contributed by atoms with van der Waals surface area (Å²) in [5.41, 5.74) is 3.23. The van der Waals surface area contributed by atoms with Crippen LogP contribution in [0.25, 0.3) is 0 Å². The van der Waals surface area contributed by atoms with Crippen molar-refractivity contribution in [3.63, 3.8) is 0 Å². The normalized spacial score (nSPS) is 24.1. The highest BCUT2D eigenvalue weighted by molar-refractivity contribution is 7.23. The molecule has 0 N–H and O–H groups in total. The summed E-state index contributed by atoms with van der Waals surface area (Å²) >= 11 is 0. The zero-order valence-corrected chi connectivity index (χ0v) is 20.3. The van der Waals surface area contributed by atoms with E-state index in [1.54, 1.807) is 21.7 Å². The Morgan fingerprint density at radius 2 is 0.929 bits per heavy atom. The Bertz CT molecular complexity index is 615. The fourth-order valence-electron chi connectivity index (χ4n) is 5.66. The van der Waals surface area contributed by atoms with Crippen molar-refractivity contribution >= 4 is 26.5 Å². The summed E-state index contributed by atoms with van der Waals surface area (Å²) in [6.07, 6.45) is 11.3. The zero-order chi connectivity index (χ0) is 19.7. The molecule has 3 rings (SSSR count). The van der Waals surface area contributed by atoms with E-state index in [1.165, 1.54) is 63.5 Å². The van der Waals surface area contributed by atoms with Crippen molar-refractivity contribution in [2.45, 2.75) is 88.6 Å². The van der Waals surface area contributed by atoms with E-state index in [-0.39, 0.29) is 0 Å². The van der Waals surface area contributed by atoms with Crippen LogP contribution in [0.4, 0.5) is 0 Å². The lowest BCUT2D eigenvalue weighted by Gasteiger charge is -2.55. The maximum absolute atomic E-state index is 2.48. The Morgan fingerprint density at radius 1 is 0.536 bits per heavy atom. The van der Waals surface area contributed by atoms with Crippen molar-refractivity contribution < 1.29 is 0 Å². The zero-order valence-electron chi connectivity index (χ0n) is 18.3. The Balaban J connectivity index is 1.79. The molecule has 0 nitrogen and oxygen atoms in total. The third-order valence-electron chi connectivity index (χ3n) is 7.14. The molecule has 2 aromatic rings. The van der Waals surface area contributed by atoms with E-state index in [4.69, 9.17) is 0 Å². The largest absolute Gasteiger partial charge is 0.0822 e. The summed E-state index contributed by atoms with van der Waals surface area (Å²) < 4.78 is 0. The number of hydrogen-bond donors (Lipinski definition) is 0. The molecule has 0 unspecified atom stereocenters. The Hall–Kier alpha value is -1.13. The average Bonchev–Trinajstić information content (AvgIpc) is 2.73. The number of rotatable bonds is 12. The molecule has 28 heavy (non-hydrogen) atoms. The maximum atomic E-state index is 2.48. The lowest BCUT2D eigenvalue weighted by Crippen LogP contribution is -2.73. The van der Waals surface area contributed by atoms with Crippen molar-refractivity contribution in [2.24, 2.45) is 0 Å². The first-order chi connectivity index (χ1) is 13.7. The summed E-state index contributed by atoms with van der Waals surface area (Å²) in [6.45, 7) is 4.66. The van der Waals surface area contributed by atoms with Crippen molar-refractivity contribution in [1.82, 2.24) is 0 Å². The fourth-order valence-corrected chi connectivity index (χ4v) is 25.9. The topological polar surface area (TPSA) is 0 Å². The first-order valence-corrected chi connectivity index (χ1v) is 17.1. The predicted octanol–water partition coefficient (Wildman–Crippen LogP) is 6.95. The lowest BCUT2D eigenvalue weighted by atomic mass is 10.2. The van der Waals surface area contributed by atoms with E-state index in [0.29, 0.717) is 0 Å². The molecule has 1 saturated heterocycles. The van der Waals surface area contributed by atoms with Crippen LogP contribution < -0.4 is 10.4 Å². The molecule has 1 heterocycles. The molecule has 1 fully saturated rings. The van der Waals surface area contributed by atoms with E-state index in [0.717, 1.165) is 0 Å². The van der Waals surface area contributed by atoms with Crippen LogP contribution in [0.1, 0.15) is 65.2 Å². The van der Waals surface area contributed by atoms with Crippen LogP contribution in [0.3, 0.4) is 0 Å². The monoisotopic (exact) mass is 408 g/mol. The highest BCUT2D eigenvalue weighted by Gasteiger charge is 2.57. The smallest absolute Gasteiger partial charge is 0.0654 e. The summed E-state index contributed by atoms with van der Waals surface area (Å²) in [5, 5.41) is 3.53. The average molecular weight is 409 g/mol. The second kappa shape index (κ2) is 10.6. The van der Waals surface area contributed by atoms with Crippen LogP contribution in [0.2, 0.25) is 23.4 Å². The molecule has 0 aromatic heterocycles. The minimum absolute atomic E-state index is 1.29. The van der Waals surface area contributed by atoms with E-state index in [2.05, 4.69) is 74.5 Å². The Kier molecular flexibility index (Phi) is 8.16. The minimum atomic E-state index is -1.29. The molecule has 0 aliphatic carbocycles. The number of unbranched alkanes of at least 4 members (excludes halogenated alkanes) is 6.